The summed E-state index contributed by atoms with van der Waals surface area (Å²) in [5, 5.41) is 5.88. The van der Waals surface area contributed by atoms with E-state index in [1.165, 1.54) is 12.1 Å². The highest BCUT2D eigenvalue weighted by atomic mass is 79.9. The van der Waals surface area contributed by atoms with E-state index in [2.05, 4.69) is 26.6 Å². The van der Waals surface area contributed by atoms with Crippen molar-refractivity contribution < 1.29 is 17.4 Å². The van der Waals surface area contributed by atoms with Crippen molar-refractivity contribution in [1.29, 1.82) is 0 Å². The number of nitrogens with one attached hydrogen (secondary N) is 2. The Kier molecular flexibility index (Phi) is 5.05. The predicted molar refractivity (Wildman–Crippen MR) is 105 cm³/mol. The number of benzene rings is 2. The van der Waals surface area contributed by atoms with Crippen LogP contribution in [0.5, 0.6) is 5.75 Å². The number of amides is 1. The van der Waals surface area contributed by atoms with Crippen LogP contribution in [-0.4, -0.2) is 25.7 Å². The average Bonchev–Trinajstić information content (AvgIpc) is 2.80. The van der Waals surface area contributed by atoms with Gasteiger partial charge in [-0.1, -0.05) is 40.2 Å². The summed E-state index contributed by atoms with van der Waals surface area (Å²) < 4.78 is 28.7. The molecule has 26 heavy (non-hydrogen) atoms. The Morgan fingerprint density at radius 3 is 2.54 bits per heavy atom. The van der Waals surface area contributed by atoms with Crippen molar-refractivity contribution in [2.75, 3.05) is 6.26 Å². The highest BCUT2D eigenvalue weighted by Gasteiger charge is 2.46. The molecule has 136 valence electrons. The molecule has 2 N–H and O–H groups in total. The van der Waals surface area contributed by atoms with Gasteiger partial charge in [-0.25, -0.2) is 0 Å². The van der Waals surface area contributed by atoms with E-state index in [1.807, 2.05) is 24.3 Å². The number of carbonyl (C=O) groups excluding carboxylic acids is 1. The smallest absolute Gasteiger partial charge is 0.306 e. The number of carbonyl (C=O) groups is 1. The average molecular weight is 455 g/mol. The van der Waals surface area contributed by atoms with Crippen LogP contribution in [0, 0.1) is 0 Å². The Bertz CT molecular complexity index is 994. The third-order valence-corrected chi connectivity index (χ3v) is 5.07. The number of hydrogen-bond donors (Lipinski definition) is 2. The minimum atomic E-state index is -3.68. The van der Waals surface area contributed by atoms with Crippen LogP contribution in [0.15, 0.2) is 53.0 Å². The van der Waals surface area contributed by atoms with Gasteiger partial charge in [-0.15, -0.1) is 0 Å². The molecule has 0 bridgehead atoms. The quantitative estimate of drug-likeness (QED) is 0.532. The van der Waals surface area contributed by atoms with E-state index in [4.69, 9.17) is 16.4 Å². The van der Waals surface area contributed by atoms with E-state index in [-0.39, 0.29) is 16.8 Å². The van der Waals surface area contributed by atoms with Crippen LogP contribution < -0.4 is 14.8 Å². The zero-order valence-electron chi connectivity index (χ0n) is 13.7. The fourth-order valence-electron chi connectivity index (χ4n) is 2.86. The lowest BCUT2D eigenvalue weighted by atomic mass is 9.84. The van der Waals surface area contributed by atoms with Gasteiger partial charge < -0.3 is 14.8 Å². The molecule has 0 aromatic heterocycles. The van der Waals surface area contributed by atoms with Crippen molar-refractivity contribution in [2.45, 2.75) is 12.0 Å². The molecule has 1 aliphatic heterocycles. The maximum absolute atomic E-state index is 12.8. The SMILES string of the molecule is CS(=O)(=O)Oc1cccc(C2(Cc3cccc(Br)c3)NC(=S)NC2=O)c1. The second-order valence-electron chi connectivity index (χ2n) is 5.94. The second-order valence-corrected chi connectivity index (χ2v) is 8.83. The fraction of sp³-hybridized carbons (Fsp3) is 0.176. The molecule has 1 saturated heterocycles. The van der Waals surface area contributed by atoms with Gasteiger partial charge in [0.1, 0.15) is 11.3 Å². The number of rotatable bonds is 5. The maximum atomic E-state index is 12.8. The molecule has 6 nitrogen and oxygen atoms in total. The van der Waals surface area contributed by atoms with Crippen LogP contribution >= 0.6 is 28.1 Å². The predicted octanol–water partition coefficient (Wildman–Crippen LogP) is 2.23. The monoisotopic (exact) mass is 454 g/mol. The molecule has 0 spiro atoms. The minimum absolute atomic E-state index is 0.131. The lowest BCUT2D eigenvalue weighted by Gasteiger charge is -2.27. The molecule has 2 aromatic carbocycles. The third-order valence-electron chi connectivity index (χ3n) is 3.87. The topological polar surface area (TPSA) is 84.5 Å². The first kappa shape index (κ1) is 18.8. The molecule has 1 heterocycles. The number of halogens is 1. The summed E-state index contributed by atoms with van der Waals surface area (Å²) in [6.07, 6.45) is 1.29. The summed E-state index contributed by atoms with van der Waals surface area (Å²) in [6, 6.07) is 14.0. The van der Waals surface area contributed by atoms with Gasteiger partial charge in [-0.2, -0.15) is 8.42 Å². The molecule has 0 radical (unpaired) electrons. The second kappa shape index (κ2) is 6.98. The normalized spacial score (nSPS) is 19.8. The van der Waals surface area contributed by atoms with E-state index >= 15 is 0 Å². The summed E-state index contributed by atoms with van der Waals surface area (Å²) in [4.78, 5) is 12.8. The molecule has 1 unspecified atom stereocenters. The molecule has 1 amide bonds. The summed E-state index contributed by atoms with van der Waals surface area (Å²) in [5.74, 6) is -0.176. The molecule has 0 saturated carbocycles. The molecule has 1 fully saturated rings. The van der Waals surface area contributed by atoms with Crippen molar-refractivity contribution in [1.82, 2.24) is 10.6 Å². The highest BCUT2D eigenvalue weighted by Crippen LogP contribution is 2.32. The first-order valence-electron chi connectivity index (χ1n) is 7.56. The standard InChI is InChI=1S/C17H15BrN2O4S2/c1-26(22,23)24-14-7-3-5-12(9-14)17(15(21)19-16(25)20-17)10-11-4-2-6-13(18)8-11/h2-9H,10H2,1H3,(H2,19,20,21,25). The van der Waals surface area contributed by atoms with Gasteiger partial charge in [0, 0.05) is 10.9 Å². The first-order chi connectivity index (χ1) is 12.2. The van der Waals surface area contributed by atoms with E-state index in [1.54, 1.807) is 12.1 Å². The molecule has 9 heteroatoms. The zero-order valence-corrected chi connectivity index (χ0v) is 16.9. The molecular formula is C17H15BrN2O4S2. The Hall–Kier alpha value is -1.97. The van der Waals surface area contributed by atoms with Crippen LogP contribution in [0.25, 0.3) is 0 Å². The molecule has 0 aliphatic carbocycles. The van der Waals surface area contributed by atoms with Crippen molar-refractivity contribution in [3.8, 4) is 5.75 Å². The summed E-state index contributed by atoms with van der Waals surface area (Å²) >= 11 is 8.55. The van der Waals surface area contributed by atoms with Gasteiger partial charge in [0.05, 0.1) is 6.26 Å². The Balaban J connectivity index is 2.06. The van der Waals surface area contributed by atoms with Crippen molar-refractivity contribution in [3.63, 3.8) is 0 Å². The van der Waals surface area contributed by atoms with Crippen LogP contribution in [-0.2, 0) is 26.9 Å². The molecule has 2 aromatic rings. The van der Waals surface area contributed by atoms with E-state index in [0.717, 1.165) is 16.3 Å². The van der Waals surface area contributed by atoms with Crippen LogP contribution in [0.2, 0.25) is 0 Å². The van der Waals surface area contributed by atoms with E-state index in [0.29, 0.717) is 12.0 Å². The maximum Gasteiger partial charge on any atom is 0.306 e. The fourth-order valence-corrected chi connectivity index (χ4v) is 4.03. The Morgan fingerprint density at radius 2 is 1.92 bits per heavy atom. The number of thiocarbonyl (C=S) groups is 1. The Morgan fingerprint density at radius 1 is 1.19 bits per heavy atom. The minimum Gasteiger partial charge on any atom is -0.383 e. The van der Waals surface area contributed by atoms with Gasteiger partial charge in [0.15, 0.2) is 5.11 Å². The molecular weight excluding hydrogens is 440 g/mol. The van der Waals surface area contributed by atoms with Crippen LogP contribution in [0.1, 0.15) is 11.1 Å². The summed E-state index contributed by atoms with van der Waals surface area (Å²) in [6.45, 7) is 0. The molecule has 1 aliphatic rings. The van der Waals surface area contributed by atoms with E-state index < -0.39 is 15.7 Å². The summed E-state index contributed by atoms with van der Waals surface area (Å²) in [5.41, 5.74) is 0.298. The summed E-state index contributed by atoms with van der Waals surface area (Å²) in [7, 11) is -3.68. The van der Waals surface area contributed by atoms with Gasteiger partial charge in [0.2, 0.25) is 0 Å². The van der Waals surface area contributed by atoms with Gasteiger partial charge in [-0.3, -0.25) is 4.79 Å². The lowest BCUT2D eigenvalue weighted by molar-refractivity contribution is -0.124. The first-order valence-corrected chi connectivity index (χ1v) is 10.6. The highest BCUT2D eigenvalue weighted by molar-refractivity contribution is 9.10. The van der Waals surface area contributed by atoms with Crippen LogP contribution in [0.4, 0.5) is 0 Å². The number of hydrogen-bond acceptors (Lipinski definition) is 5. The Labute approximate surface area is 165 Å². The van der Waals surface area contributed by atoms with Crippen molar-refractivity contribution in [2.24, 2.45) is 0 Å². The van der Waals surface area contributed by atoms with Crippen molar-refractivity contribution in [3.05, 3.63) is 64.1 Å². The van der Waals surface area contributed by atoms with Gasteiger partial charge >= 0.3 is 10.1 Å². The third kappa shape index (κ3) is 4.05. The van der Waals surface area contributed by atoms with Crippen molar-refractivity contribution >= 4 is 49.3 Å². The molecule has 3 rings (SSSR count). The van der Waals surface area contributed by atoms with Crippen LogP contribution in [0.3, 0.4) is 0 Å². The zero-order chi connectivity index (χ0) is 18.9. The van der Waals surface area contributed by atoms with Gasteiger partial charge in [0.25, 0.3) is 5.91 Å². The molecule has 1 atom stereocenters. The van der Waals surface area contributed by atoms with E-state index in [9.17, 15) is 13.2 Å². The largest absolute Gasteiger partial charge is 0.383 e. The van der Waals surface area contributed by atoms with Gasteiger partial charge in [-0.05, 0) is 47.6 Å². The lowest BCUT2D eigenvalue weighted by Crippen LogP contribution is -2.45.